The Morgan fingerprint density at radius 1 is 1.46 bits per heavy atom. The minimum absolute atomic E-state index is 0.355. The van der Waals surface area contributed by atoms with E-state index in [4.69, 9.17) is 0 Å². The highest BCUT2D eigenvalue weighted by molar-refractivity contribution is 5.80. The number of hydrogen-bond donors (Lipinski definition) is 1. The molecule has 0 radical (unpaired) electrons. The minimum atomic E-state index is 0.355. The Hall–Kier alpha value is -0.630. The Morgan fingerprint density at radius 2 is 2.15 bits per heavy atom. The molecule has 0 spiro atoms. The van der Waals surface area contributed by atoms with Crippen molar-refractivity contribution in [3.05, 3.63) is 12.7 Å². The van der Waals surface area contributed by atoms with Crippen molar-refractivity contribution in [3.63, 3.8) is 0 Å². The second kappa shape index (κ2) is 5.92. The Balaban J connectivity index is 2.05. The monoisotopic (exact) mass is 181 g/mol. The summed E-state index contributed by atoms with van der Waals surface area (Å²) >= 11 is 0. The highest BCUT2D eigenvalue weighted by Crippen LogP contribution is 2.27. The van der Waals surface area contributed by atoms with Gasteiger partial charge in [-0.3, -0.25) is 4.79 Å². The Bertz CT molecular complexity index is 171. The van der Waals surface area contributed by atoms with E-state index in [2.05, 4.69) is 11.9 Å². The van der Waals surface area contributed by atoms with Crippen LogP contribution in [0.3, 0.4) is 0 Å². The lowest BCUT2D eigenvalue weighted by atomic mass is 10.0. The molecule has 0 aromatic carbocycles. The van der Waals surface area contributed by atoms with Gasteiger partial charge in [0.25, 0.3) is 0 Å². The SMILES string of the molecule is C=CCNCC(=O)CC1CCCC1. The Morgan fingerprint density at radius 3 is 2.77 bits per heavy atom. The van der Waals surface area contributed by atoms with E-state index in [1.807, 2.05) is 0 Å². The first-order valence-corrected chi connectivity index (χ1v) is 5.16. The van der Waals surface area contributed by atoms with E-state index in [9.17, 15) is 4.79 Å². The van der Waals surface area contributed by atoms with Crippen molar-refractivity contribution >= 4 is 5.78 Å². The second-order valence-electron chi connectivity index (χ2n) is 3.81. The van der Waals surface area contributed by atoms with E-state index < -0.39 is 0 Å². The summed E-state index contributed by atoms with van der Waals surface area (Å²) in [5.41, 5.74) is 0. The first kappa shape index (κ1) is 10.5. The average molecular weight is 181 g/mol. The molecule has 2 heteroatoms. The predicted molar refractivity (Wildman–Crippen MR) is 54.6 cm³/mol. The number of carbonyl (C=O) groups excluding carboxylic acids is 1. The van der Waals surface area contributed by atoms with E-state index in [-0.39, 0.29) is 0 Å². The molecule has 1 rings (SSSR count). The molecule has 1 saturated carbocycles. The van der Waals surface area contributed by atoms with E-state index >= 15 is 0 Å². The molecule has 0 aromatic heterocycles. The molecular weight excluding hydrogens is 162 g/mol. The van der Waals surface area contributed by atoms with Gasteiger partial charge in [-0.1, -0.05) is 31.8 Å². The Kier molecular flexibility index (Phi) is 4.76. The lowest BCUT2D eigenvalue weighted by Crippen LogP contribution is -2.24. The van der Waals surface area contributed by atoms with Gasteiger partial charge < -0.3 is 5.32 Å². The summed E-state index contributed by atoms with van der Waals surface area (Å²) in [4.78, 5) is 11.4. The lowest BCUT2D eigenvalue weighted by Gasteiger charge is -2.07. The van der Waals surface area contributed by atoms with Crippen LogP contribution in [0.5, 0.6) is 0 Å². The van der Waals surface area contributed by atoms with Crippen molar-refractivity contribution in [3.8, 4) is 0 Å². The Labute approximate surface area is 80.4 Å². The zero-order valence-corrected chi connectivity index (χ0v) is 8.22. The van der Waals surface area contributed by atoms with Gasteiger partial charge >= 0.3 is 0 Å². The topological polar surface area (TPSA) is 29.1 Å². The van der Waals surface area contributed by atoms with Crippen LogP contribution >= 0.6 is 0 Å². The van der Waals surface area contributed by atoms with Crippen LogP contribution in [0, 0.1) is 5.92 Å². The zero-order chi connectivity index (χ0) is 9.52. The zero-order valence-electron chi connectivity index (χ0n) is 8.22. The van der Waals surface area contributed by atoms with Crippen molar-refractivity contribution in [2.24, 2.45) is 5.92 Å². The standard InChI is InChI=1S/C11H19NO/c1-2-7-12-9-11(13)8-10-5-3-4-6-10/h2,10,12H,1,3-9H2. The fraction of sp³-hybridized carbons (Fsp3) is 0.727. The van der Waals surface area contributed by atoms with Crippen LogP contribution in [-0.2, 0) is 4.79 Å². The van der Waals surface area contributed by atoms with E-state index in [0.29, 0.717) is 18.2 Å². The molecule has 1 aliphatic rings. The van der Waals surface area contributed by atoms with E-state index in [0.717, 1.165) is 13.0 Å². The summed E-state index contributed by atoms with van der Waals surface area (Å²) in [5.74, 6) is 1.03. The molecule has 1 aliphatic carbocycles. The van der Waals surface area contributed by atoms with Gasteiger partial charge in [0.2, 0.25) is 0 Å². The van der Waals surface area contributed by atoms with Gasteiger partial charge in [0.05, 0.1) is 6.54 Å². The van der Waals surface area contributed by atoms with Gasteiger partial charge in [-0.2, -0.15) is 0 Å². The molecule has 0 saturated heterocycles. The first-order chi connectivity index (χ1) is 6.33. The minimum Gasteiger partial charge on any atom is -0.307 e. The van der Waals surface area contributed by atoms with Gasteiger partial charge in [0, 0.05) is 13.0 Å². The van der Waals surface area contributed by atoms with Crippen LogP contribution in [0.4, 0.5) is 0 Å². The summed E-state index contributed by atoms with van der Waals surface area (Å²) in [6, 6.07) is 0. The average Bonchev–Trinajstić information content (AvgIpc) is 2.57. The molecular formula is C11H19NO. The van der Waals surface area contributed by atoms with Crippen molar-refractivity contribution in [2.45, 2.75) is 32.1 Å². The van der Waals surface area contributed by atoms with Crippen LogP contribution in [0.2, 0.25) is 0 Å². The van der Waals surface area contributed by atoms with Gasteiger partial charge in [-0.15, -0.1) is 6.58 Å². The summed E-state index contributed by atoms with van der Waals surface area (Å²) in [6.45, 7) is 4.84. The number of carbonyl (C=O) groups is 1. The van der Waals surface area contributed by atoms with Gasteiger partial charge in [-0.25, -0.2) is 0 Å². The van der Waals surface area contributed by atoms with Crippen LogP contribution in [0.1, 0.15) is 32.1 Å². The van der Waals surface area contributed by atoms with Crippen molar-refractivity contribution < 1.29 is 4.79 Å². The molecule has 0 amide bonds. The third-order valence-electron chi connectivity index (χ3n) is 2.60. The lowest BCUT2D eigenvalue weighted by molar-refractivity contribution is -0.119. The van der Waals surface area contributed by atoms with E-state index in [1.165, 1.54) is 25.7 Å². The molecule has 2 nitrogen and oxygen atoms in total. The maximum Gasteiger partial charge on any atom is 0.146 e. The number of ketones is 1. The third-order valence-corrected chi connectivity index (χ3v) is 2.60. The van der Waals surface area contributed by atoms with Gasteiger partial charge in [0.15, 0.2) is 0 Å². The summed E-state index contributed by atoms with van der Waals surface area (Å²) < 4.78 is 0. The fourth-order valence-electron chi connectivity index (χ4n) is 1.92. The second-order valence-corrected chi connectivity index (χ2v) is 3.81. The molecule has 0 heterocycles. The third kappa shape index (κ3) is 4.23. The molecule has 0 aliphatic heterocycles. The number of Topliss-reactive ketones (excluding diaryl/α,β-unsaturated/α-hetero) is 1. The normalized spacial score (nSPS) is 17.5. The van der Waals surface area contributed by atoms with Crippen LogP contribution in [0.25, 0.3) is 0 Å². The fourth-order valence-corrected chi connectivity index (χ4v) is 1.92. The highest BCUT2D eigenvalue weighted by atomic mass is 16.1. The summed E-state index contributed by atoms with van der Waals surface area (Å²) in [7, 11) is 0. The largest absolute Gasteiger partial charge is 0.307 e. The summed E-state index contributed by atoms with van der Waals surface area (Å²) in [6.07, 6.45) is 7.71. The van der Waals surface area contributed by atoms with Crippen molar-refractivity contribution in [2.75, 3.05) is 13.1 Å². The molecule has 1 N–H and O–H groups in total. The maximum absolute atomic E-state index is 11.4. The first-order valence-electron chi connectivity index (χ1n) is 5.16. The van der Waals surface area contributed by atoms with Crippen LogP contribution < -0.4 is 5.32 Å². The molecule has 0 aromatic rings. The van der Waals surface area contributed by atoms with Gasteiger partial charge in [0.1, 0.15) is 5.78 Å². The number of hydrogen-bond acceptors (Lipinski definition) is 2. The maximum atomic E-state index is 11.4. The smallest absolute Gasteiger partial charge is 0.146 e. The van der Waals surface area contributed by atoms with Crippen molar-refractivity contribution in [1.29, 1.82) is 0 Å². The molecule has 13 heavy (non-hydrogen) atoms. The number of nitrogens with one attached hydrogen (secondary N) is 1. The quantitative estimate of drug-likeness (QED) is 0.501. The van der Waals surface area contributed by atoms with Crippen LogP contribution in [0.15, 0.2) is 12.7 Å². The molecule has 0 unspecified atom stereocenters. The number of rotatable bonds is 6. The van der Waals surface area contributed by atoms with Crippen molar-refractivity contribution in [1.82, 2.24) is 5.32 Å². The van der Waals surface area contributed by atoms with Gasteiger partial charge in [-0.05, 0) is 5.92 Å². The van der Waals surface area contributed by atoms with Crippen LogP contribution in [-0.4, -0.2) is 18.9 Å². The molecule has 74 valence electrons. The molecule has 1 fully saturated rings. The molecule has 0 atom stereocenters. The predicted octanol–water partition coefficient (Wildman–Crippen LogP) is 1.91. The highest BCUT2D eigenvalue weighted by Gasteiger charge is 2.17. The van der Waals surface area contributed by atoms with E-state index in [1.54, 1.807) is 6.08 Å². The summed E-state index contributed by atoms with van der Waals surface area (Å²) in [5, 5.41) is 3.04. The molecule has 0 bridgehead atoms.